The predicted octanol–water partition coefficient (Wildman–Crippen LogP) is 2.56. The van der Waals surface area contributed by atoms with Crippen molar-refractivity contribution >= 4 is 0 Å². The molecule has 21 heavy (non-hydrogen) atoms. The molecule has 0 radical (unpaired) electrons. The van der Waals surface area contributed by atoms with E-state index < -0.39 is 0 Å². The maximum Gasteiger partial charge on any atom is 0.0922 e. The second-order valence-corrected chi connectivity index (χ2v) is 6.34. The Balaban J connectivity index is 1.41. The van der Waals surface area contributed by atoms with Gasteiger partial charge in [0.15, 0.2) is 0 Å². The third kappa shape index (κ3) is 2.61. The second-order valence-electron chi connectivity index (χ2n) is 6.34. The van der Waals surface area contributed by atoms with Gasteiger partial charge in [0.2, 0.25) is 0 Å². The van der Waals surface area contributed by atoms with E-state index in [9.17, 15) is 0 Å². The van der Waals surface area contributed by atoms with Crippen LogP contribution in [-0.2, 0) is 11.3 Å². The maximum atomic E-state index is 6.25. The van der Waals surface area contributed by atoms with Crippen molar-refractivity contribution in [3.8, 4) is 0 Å². The molecule has 2 unspecified atom stereocenters. The quantitative estimate of drug-likeness (QED) is 0.941. The number of nitrogens with one attached hydrogen (secondary N) is 1. The van der Waals surface area contributed by atoms with Crippen molar-refractivity contribution in [3.63, 3.8) is 0 Å². The summed E-state index contributed by atoms with van der Waals surface area (Å²) in [5.41, 5.74) is 2.67. The van der Waals surface area contributed by atoms with Gasteiger partial charge in [0, 0.05) is 37.4 Å². The summed E-state index contributed by atoms with van der Waals surface area (Å²) in [5, 5.41) is 0. The van der Waals surface area contributed by atoms with Gasteiger partial charge >= 0.3 is 0 Å². The fourth-order valence-corrected chi connectivity index (χ4v) is 3.74. The molecule has 0 aliphatic carbocycles. The largest absolute Gasteiger partial charge is 0.373 e. The SMILES string of the molecule is c1ccc(C2COC3(CCN(Cc4cnc[nH]4)C3)C2)cc1. The molecule has 0 saturated carbocycles. The summed E-state index contributed by atoms with van der Waals surface area (Å²) in [6, 6.07) is 10.8. The Kier molecular flexibility index (Phi) is 3.28. The zero-order valence-corrected chi connectivity index (χ0v) is 12.2. The number of nitrogens with zero attached hydrogens (tertiary/aromatic N) is 2. The summed E-state index contributed by atoms with van der Waals surface area (Å²) in [6.07, 6.45) is 5.95. The minimum Gasteiger partial charge on any atom is -0.373 e. The highest BCUT2D eigenvalue weighted by molar-refractivity contribution is 5.22. The molecule has 1 aromatic carbocycles. The standard InChI is InChI=1S/C17H21N3O/c1-2-4-14(5-3-1)15-8-17(21-11-15)6-7-20(12-17)10-16-9-18-13-19-16/h1-5,9,13,15H,6-8,10-12H2,(H,18,19). The van der Waals surface area contributed by atoms with E-state index in [0.717, 1.165) is 39.1 Å². The predicted molar refractivity (Wildman–Crippen MR) is 81.0 cm³/mol. The first-order valence-corrected chi connectivity index (χ1v) is 7.72. The number of benzene rings is 1. The third-order valence-corrected chi connectivity index (χ3v) is 4.82. The van der Waals surface area contributed by atoms with E-state index in [2.05, 4.69) is 45.2 Å². The lowest BCUT2D eigenvalue weighted by atomic mass is 9.89. The molecule has 110 valence electrons. The molecule has 4 heteroatoms. The van der Waals surface area contributed by atoms with E-state index in [1.807, 2.05) is 6.20 Å². The van der Waals surface area contributed by atoms with Gasteiger partial charge in [0.05, 0.1) is 18.5 Å². The van der Waals surface area contributed by atoms with Gasteiger partial charge in [0.25, 0.3) is 0 Å². The number of aromatic nitrogens is 2. The Morgan fingerprint density at radius 2 is 2.24 bits per heavy atom. The highest BCUT2D eigenvalue weighted by Crippen LogP contribution is 2.42. The number of rotatable bonds is 3. The fraction of sp³-hybridized carbons (Fsp3) is 0.471. The van der Waals surface area contributed by atoms with Crippen LogP contribution in [0.3, 0.4) is 0 Å². The molecule has 2 atom stereocenters. The first-order chi connectivity index (χ1) is 10.3. The second kappa shape index (κ2) is 5.28. The number of ether oxygens (including phenoxy) is 1. The monoisotopic (exact) mass is 283 g/mol. The Morgan fingerprint density at radius 3 is 3.05 bits per heavy atom. The van der Waals surface area contributed by atoms with Crippen molar-refractivity contribution in [2.75, 3.05) is 19.7 Å². The van der Waals surface area contributed by atoms with E-state index in [0.29, 0.717) is 5.92 Å². The average Bonchev–Trinajstić information content (AvgIpc) is 3.24. The van der Waals surface area contributed by atoms with Crippen LogP contribution in [0.2, 0.25) is 0 Å². The summed E-state index contributed by atoms with van der Waals surface area (Å²) in [7, 11) is 0. The van der Waals surface area contributed by atoms with Crippen LogP contribution in [0.25, 0.3) is 0 Å². The van der Waals surface area contributed by atoms with Crippen molar-refractivity contribution in [3.05, 3.63) is 54.1 Å². The van der Waals surface area contributed by atoms with Crippen molar-refractivity contribution in [1.82, 2.24) is 14.9 Å². The lowest BCUT2D eigenvalue weighted by Crippen LogP contribution is -2.32. The van der Waals surface area contributed by atoms with Gasteiger partial charge in [-0.05, 0) is 18.4 Å². The van der Waals surface area contributed by atoms with Crippen LogP contribution < -0.4 is 0 Å². The summed E-state index contributed by atoms with van der Waals surface area (Å²) >= 11 is 0. The Labute approximate surface area is 125 Å². The van der Waals surface area contributed by atoms with Crippen molar-refractivity contribution in [2.24, 2.45) is 0 Å². The highest BCUT2D eigenvalue weighted by atomic mass is 16.5. The first-order valence-electron chi connectivity index (χ1n) is 7.72. The average molecular weight is 283 g/mol. The van der Waals surface area contributed by atoms with Crippen LogP contribution in [0.5, 0.6) is 0 Å². The molecule has 3 heterocycles. The van der Waals surface area contributed by atoms with Gasteiger partial charge in [-0.3, -0.25) is 4.90 Å². The number of H-pyrrole nitrogens is 1. The molecule has 4 rings (SSSR count). The molecule has 2 fully saturated rings. The van der Waals surface area contributed by atoms with Crippen molar-refractivity contribution in [2.45, 2.75) is 30.9 Å². The van der Waals surface area contributed by atoms with Crippen LogP contribution in [0.15, 0.2) is 42.9 Å². The van der Waals surface area contributed by atoms with Gasteiger partial charge in [-0.25, -0.2) is 4.98 Å². The maximum absolute atomic E-state index is 6.25. The van der Waals surface area contributed by atoms with Crippen LogP contribution in [0.1, 0.15) is 30.0 Å². The summed E-state index contributed by atoms with van der Waals surface area (Å²) in [4.78, 5) is 9.75. The highest BCUT2D eigenvalue weighted by Gasteiger charge is 2.45. The Morgan fingerprint density at radius 1 is 1.33 bits per heavy atom. The molecule has 2 aliphatic rings. The first kappa shape index (κ1) is 13.0. The van der Waals surface area contributed by atoms with E-state index in [1.165, 1.54) is 11.3 Å². The number of hydrogen-bond donors (Lipinski definition) is 1. The molecule has 2 saturated heterocycles. The summed E-state index contributed by atoms with van der Waals surface area (Å²) in [5.74, 6) is 0.554. The molecule has 1 aromatic heterocycles. The molecule has 2 aromatic rings. The molecule has 2 aliphatic heterocycles. The smallest absolute Gasteiger partial charge is 0.0922 e. The van der Waals surface area contributed by atoms with Crippen molar-refractivity contribution in [1.29, 1.82) is 0 Å². The molecule has 1 spiro atoms. The van der Waals surface area contributed by atoms with E-state index in [4.69, 9.17) is 4.74 Å². The molecule has 0 bridgehead atoms. The van der Waals surface area contributed by atoms with Gasteiger partial charge in [-0.1, -0.05) is 30.3 Å². The van der Waals surface area contributed by atoms with Crippen LogP contribution in [-0.4, -0.2) is 40.2 Å². The van der Waals surface area contributed by atoms with Gasteiger partial charge in [-0.2, -0.15) is 0 Å². The van der Waals surface area contributed by atoms with E-state index in [1.54, 1.807) is 6.33 Å². The van der Waals surface area contributed by atoms with Crippen molar-refractivity contribution < 1.29 is 4.74 Å². The number of hydrogen-bond acceptors (Lipinski definition) is 3. The van der Waals surface area contributed by atoms with Gasteiger partial charge < -0.3 is 9.72 Å². The van der Waals surface area contributed by atoms with E-state index in [-0.39, 0.29) is 5.60 Å². The fourth-order valence-electron chi connectivity index (χ4n) is 3.74. The summed E-state index contributed by atoms with van der Waals surface area (Å²) in [6.45, 7) is 3.96. The number of aromatic amines is 1. The van der Waals surface area contributed by atoms with Crippen LogP contribution in [0, 0.1) is 0 Å². The minimum absolute atomic E-state index is 0.0700. The topological polar surface area (TPSA) is 41.1 Å². The number of likely N-dealkylation sites (tertiary alicyclic amines) is 1. The summed E-state index contributed by atoms with van der Waals surface area (Å²) < 4.78 is 6.25. The van der Waals surface area contributed by atoms with E-state index >= 15 is 0 Å². The normalized spacial score (nSPS) is 29.4. The molecule has 1 N–H and O–H groups in total. The molecule has 4 nitrogen and oxygen atoms in total. The number of imidazole rings is 1. The zero-order valence-electron chi connectivity index (χ0n) is 12.2. The molecular formula is C17H21N3O. The lowest BCUT2D eigenvalue weighted by Gasteiger charge is -2.23. The lowest BCUT2D eigenvalue weighted by molar-refractivity contribution is 0.0117. The van der Waals surface area contributed by atoms with Crippen LogP contribution in [0.4, 0.5) is 0 Å². The molecular weight excluding hydrogens is 262 g/mol. The minimum atomic E-state index is 0.0700. The molecule has 0 amide bonds. The zero-order chi connectivity index (χ0) is 14.1. The van der Waals surface area contributed by atoms with Gasteiger partial charge in [-0.15, -0.1) is 0 Å². The van der Waals surface area contributed by atoms with Crippen LogP contribution >= 0.6 is 0 Å². The Bertz CT molecular complexity index is 583. The Hall–Kier alpha value is -1.65. The third-order valence-electron chi connectivity index (χ3n) is 4.82. The van der Waals surface area contributed by atoms with Gasteiger partial charge in [0.1, 0.15) is 0 Å².